The number of nitrogens with two attached hydrogens (primary N) is 1. The van der Waals surface area contributed by atoms with Gasteiger partial charge in [-0.1, -0.05) is 23.4 Å². The Morgan fingerprint density at radius 1 is 1.15 bits per heavy atom. The number of ether oxygens (including phenoxy) is 2. The van der Waals surface area contributed by atoms with Gasteiger partial charge in [-0.05, 0) is 46.2 Å². The number of nitrogens with one attached hydrogen (secondary N) is 2. The van der Waals surface area contributed by atoms with Crippen LogP contribution < -0.4 is 25.9 Å². The average molecular weight is 463 g/mol. The molecule has 4 aromatic rings. The molecule has 0 fully saturated rings. The lowest BCUT2D eigenvalue weighted by atomic mass is 10.2. The zero-order chi connectivity index (χ0) is 23.9. The highest BCUT2D eigenvalue weighted by molar-refractivity contribution is 5.94. The van der Waals surface area contributed by atoms with Crippen molar-refractivity contribution in [2.45, 2.75) is 6.54 Å². The quantitative estimate of drug-likeness (QED) is 0.245. The van der Waals surface area contributed by atoms with E-state index in [1.54, 1.807) is 25.3 Å². The lowest BCUT2D eigenvalue weighted by Gasteiger charge is -2.08. The number of hydrazone groups is 1. The van der Waals surface area contributed by atoms with E-state index in [9.17, 15) is 4.79 Å². The van der Waals surface area contributed by atoms with Gasteiger partial charge in [0.1, 0.15) is 0 Å². The van der Waals surface area contributed by atoms with Crippen LogP contribution in [0.4, 0.5) is 11.5 Å². The van der Waals surface area contributed by atoms with Crippen molar-refractivity contribution in [2.75, 3.05) is 25.3 Å². The summed E-state index contributed by atoms with van der Waals surface area (Å²) in [5, 5.41) is 22.5. The van der Waals surface area contributed by atoms with E-state index in [4.69, 9.17) is 15.2 Å². The summed E-state index contributed by atoms with van der Waals surface area (Å²) in [7, 11) is 3.08. The molecule has 0 aliphatic rings. The molecule has 1 amide bonds. The predicted octanol–water partition coefficient (Wildman–Crippen LogP) is 1.63. The Bertz CT molecular complexity index is 1300. The molecule has 13 heteroatoms. The normalized spacial score (nSPS) is 10.9. The van der Waals surface area contributed by atoms with E-state index in [2.05, 4.69) is 41.1 Å². The van der Waals surface area contributed by atoms with E-state index in [1.807, 2.05) is 30.3 Å². The first kappa shape index (κ1) is 22.3. The van der Waals surface area contributed by atoms with E-state index in [-0.39, 0.29) is 23.9 Å². The second kappa shape index (κ2) is 10.1. The van der Waals surface area contributed by atoms with Crippen LogP contribution in [0.25, 0.3) is 5.82 Å². The number of carbonyl (C=O) groups is 1. The first-order valence-electron chi connectivity index (χ1n) is 9.98. The zero-order valence-electron chi connectivity index (χ0n) is 18.3. The molecule has 2 aromatic carbocycles. The third-order valence-electron chi connectivity index (χ3n) is 4.70. The number of carbonyl (C=O) groups excluding carboxylic acids is 1. The summed E-state index contributed by atoms with van der Waals surface area (Å²) in [4.78, 5) is 12.9. The fraction of sp³-hybridized carbons (Fsp3) is 0.143. The number of nitrogen functional groups attached to an aromatic ring is 1. The number of aromatic nitrogens is 5. The maximum absolute atomic E-state index is 12.9. The Labute approximate surface area is 193 Å². The summed E-state index contributed by atoms with van der Waals surface area (Å²) < 4.78 is 16.4. The van der Waals surface area contributed by atoms with Crippen molar-refractivity contribution in [1.29, 1.82) is 0 Å². The largest absolute Gasteiger partial charge is 0.493 e. The van der Waals surface area contributed by atoms with Crippen molar-refractivity contribution in [3.8, 4) is 17.3 Å². The van der Waals surface area contributed by atoms with Gasteiger partial charge >= 0.3 is 0 Å². The van der Waals surface area contributed by atoms with Crippen LogP contribution in [-0.4, -0.2) is 51.6 Å². The summed E-state index contributed by atoms with van der Waals surface area (Å²) >= 11 is 0. The Balaban J connectivity index is 1.55. The molecule has 34 heavy (non-hydrogen) atoms. The molecule has 0 radical (unpaired) electrons. The smallest absolute Gasteiger partial charge is 0.293 e. The van der Waals surface area contributed by atoms with Crippen LogP contribution in [0.3, 0.4) is 0 Å². The van der Waals surface area contributed by atoms with Crippen LogP contribution in [0.15, 0.2) is 58.3 Å². The second-order valence-electron chi connectivity index (χ2n) is 6.80. The van der Waals surface area contributed by atoms with Gasteiger partial charge in [0.25, 0.3) is 5.91 Å². The number of anilines is 2. The van der Waals surface area contributed by atoms with E-state index in [0.717, 1.165) is 5.69 Å². The van der Waals surface area contributed by atoms with Gasteiger partial charge in [-0.2, -0.15) is 9.78 Å². The molecule has 0 saturated heterocycles. The lowest BCUT2D eigenvalue weighted by molar-refractivity contribution is 0.0949. The fourth-order valence-corrected chi connectivity index (χ4v) is 3.04. The summed E-state index contributed by atoms with van der Waals surface area (Å²) in [6.45, 7) is 0.186. The van der Waals surface area contributed by atoms with E-state index < -0.39 is 5.91 Å². The minimum atomic E-state index is -0.581. The molecule has 0 saturated carbocycles. The van der Waals surface area contributed by atoms with Crippen LogP contribution in [0, 0.1) is 0 Å². The molecule has 2 heterocycles. The molecular weight excluding hydrogens is 442 g/mol. The molecule has 0 atom stereocenters. The SMILES string of the molecule is COc1ccc(/C=N/NC(=O)c2nnn(-c3nonc3N)c2CNc2ccccc2)cc1OC. The lowest BCUT2D eigenvalue weighted by Crippen LogP contribution is -2.21. The molecule has 4 rings (SSSR count). The van der Waals surface area contributed by atoms with E-state index in [0.29, 0.717) is 22.8 Å². The van der Waals surface area contributed by atoms with Crippen LogP contribution in [0.5, 0.6) is 11.5 Å². The monoisotopic (exact) mass is 463 g/mol. The van der Waals surface area contributed by atoms with Crippen molar-refractivity contribution < 1.29 is 18.9 Å². The highest BCUT2D eigenvalue weighted by Crippen LogP contribution is 2.26. The second-order valence-corrected chi connectivity index (χ2v) is 6.80. The average Bonchev–Trinajstić information content (AvgIpc) is 3.48. The maximum Gasteiger partial charge on any atom is 0.293 e. The Morgan fingerprint density at radius 3 is 2.65 bits per heavy atom. The van der Waals surface area contributed by atoms with Gasteiger partial charge in [-0.25, -0.2) is 10.1 Å². The third kappa shape index (κ3) is 4.77. The van der Waals surface area contributed by atoms with Gasteiger partial charge in [0.15, 0.2) is 17.2 Å². The number of benzene rings is 2. The summed E-state index contributed by atoms with van der Waals surface area (Å²) in [5.41, 5.74) is 10.2. The minimum Gasteiger partial charge on any atom is -0.493 e. The van der Waals surface area contributed by atoms with Crippen LogP contribution in [0.1, 0.15) is 21.7 Å². The number of rotatable bonds is 9. The molecule has 0 aliphatic carbocycles. The first-order chi connectivity index (χ1) is 16.6. The number of methoxy groups -OCH3 is 2. The standard InChI is InChI=1S/C21H21N9O4/c1-32-16-9-8-13(10-17(16)33-2)11-24-26-21(31)18-15(12-23-14-6-4-3-5-7-14)30(29-25-18)20-19(22)27-34-28-20/h3-11,23H,12H2,1-2H3,(H2,22,27)(H,26,31)/b24-11+. The van der Waals surface area contributed by atoms with Crippen molar-refractivity contribution in [2.24, 2.45) is 5.10 Å². The van der Waals surface area contributed by atoms with E-state index in [1.165, 1.54) is 18.0 Å². The van der Waals surface area contributed by atoms with Crippen molar-refractivity contribution in [1.82, 2.24) is 30.7 Å². The predicted molar refractivity (Wildman–Crippen MR) is 122 cm³/mol. The number of amides is 1. The van der Waals surface area contributed by atoms with Gasteiger partial charge < -0.3 is 20.5 Å². The zero-order valence-corrected chi connectivity index (χ0v) is 18.3. The molecule has 0 aliphatic heterocycles. The molecule has 2 aromatic heterocycles. The molecule has 0 spiro atoms. The van der Waals surface area contributed by atoms with Crippen molar-refractivity contribution >= 4 is 23.6 Å². The van der Waals surface area contributed by atoms with Gasteiger partial charge in [0.05, 0.1) is 32.7 Å². The Hall–Kier alpha value is -4.94. The Morgan fingerprint density at radius 2 is 1.94 bits per heavy atom. The van der Waals surface area contributed by atoms with Gasteiger partial charge in [-0.3, -0.25) is 4.79 Å². The minimum absolute atomic E-state index is 0.00398. The summed E-state index contributed by atoms with van der Waals surface area (Å²) in [6.07, 6.45) is 1.46. The van der Waals surface area contributed by atoms with Gasteiger partial charge in [0.2, 0.25) is 11.6 Å². The number of hydrogen-bond donors (Lipinski definition) is 3. The molecular formula is C21H21N9O4. The van der Waals surface area contributed by atoms with Crippen molar-refractivity contribution in [3.05, 3.63) is 65.5 Å². The van der Waals surface area contributed by atoms with E-state index >= 15 is 0 Å². The summed E-state index contributed by atoms with van der Waals surface area (Å²) in [6, 6.07) is 14.6. The third-order valence-corrected chi connectivity index (χ3v) is 4.70. The maximum atomic E-state index is 12.9. The highest BCUT2D eigenvalue weighted by Gasteiger charge is 2.23. The van der Waals surface area contributed by atoms with Gasteiger partial charge in [0, 0.05) is 5.69 Å². The number of hydrogen-bond acceptors (Lipinski definition) is 11. The molecule has 13 nitrogen and oxygen atoms in total. The van der Waals surface area contributed by atoms with Crippen LogP contribution >= 0.6 is 0 Å². The molecule has 0 unspecified atom stereocenters. The molecule has 4 N–H and O–H groups in total. The number of nitrogens with zero attached hydrogens (tertiary/aromatic N) is 6. The topological polar surface area (TPSA) is 168 Å². The summed E-state index contributed by atoms with van der Waals surface area (Å²) in [5.74, 6) is 0.656. The first-order valence-corrected chi connectivity index (χ1v) is 9.98. The van der Waals surface area contributed by atoms with Gasteiger partial charge in [-0.15, -0.1) is 5.10 Å². The Kier molecular flexibility index (Phi) is 6.63. The number of para-hydroxylation sites is 1. The van der Waals surface area contributed by atoms with Crippen LogP contribution in [-0.2, 0) is 6.54 Å². The van der Waals surface area contributed by atoms with Crippen molar-refractivity contribution in [3.63, 3.8) is 0 Å². The molecule has 174 valence electrons. The molecule has 0 bridgehead atoms. The highest BCUT2D eigenvalue weighted by atomic mass is 16.6. The van der Waals surface area contributed by atoms with Crippen LogP contribution in [0.2, 0.25) is 0 Å². The fourth-order valence-electron chi connectivity index (χ4n) is 3.04.